The maximum Gasteiger partial charge on any atom is 0.256 e. The highest BCUT2D eigenvalue weighted by molar-refractivity contribution is 9.10. The second-order valence-electron chi connectivity index (χ2n) is 4.53. The molecule has 0 fully saturated rings. The maximum atomic E-state index is 13.1. The lowest BCUT2D eigenvalue weighted by Gasteiger charge is -2.00. The van der Waals surface area contributed by atoms with Crippen LogP contribution in [-0.2, 0) is 5.75 Å². The molecular weight excluding hydrogens is 372 g/mol. The summed E-state index contributed by atoms with van der Waals surface area (Å²) < 4.78 is 32.6. The molecule has 0 radical (unpaired) electrons. The van der Waals surface area contributed by atoms with Gasteiger partial charge in [0.2, 0.25) is 0 Å². The molecule has 2 nitrogen and oxygen atoms in total. The number of hydrogen-bond acceptors (Lipinski definition) is 3. The number of halogens is 3. The van der Waals surface area contributed by atoms with E-state index in [2.05, 4.69) is 20.9 Å². The molecule has 1 heterocycles. The fourth-order valence-corrected chi connectivity index (χ4v) is 2.86. The smallest absolute Gasteiger partial charge is 0.256 e. The summed E-state index contributed by atoms with van der Waals surface area (Å²) in [7, 11) is 0. The van der Waals surface area contributed by atoms with E-state index in [1.54, 1.807) is 12.3 Å². The molecule has 2 aromatic carbocycles. The van der Waals surface area contributed by atoms with Gasteiger partial charge in [0.25, 0.3) is 5.22 Å². The molecule has 0 aliphatic heterocycles. The van der Waals surface area contributed by atoms with Crippen molar-refractivity contribution in [1.82, 2.24) is 4.98 Å². The van der Waals surface area contributed by atoms with Crippen molar-refractivity contribution in [3.63, 3.8) is 0 Å². The first-order valence-electron chi connectivity index (χ1n) is 6.40. The van der Waals surface area contributed by atoms with Gasteiger partial charge < -0.3 is 4.42 Å². The second-order valence-corrected chi connectivity index (χ2v) is 6.38. The van der Waals surface area contributed by atoms with E-state index in [1.165, 1.54) is 17.8 Å². The largest absolute Gasteiger partial charge is 0.431 e. The molecule has 0 N–H and O–H groups in total. The molecule has 1 aromatic heterocycles. The van der Waals surface area contributed by atoms with E-state index in [-0.39, 0.29) is 0 Å². The van der Waals surface area contributed by atoms with Gasteiger partial charge in [-0.2, -0.15) is 0 Å². The van der Waals surface area contributed by atoms with Crippen LogP contribution >= 0.6 is 27.7 Å². The average Bonchev–Trinajstić information content (AvgIpc) is 2.98. The SMILES string of the molecule is Fc1ccc(CSc2ncc(-c3ccc(Br)cc3)o2)cc1F. The minimum Gasteiger partial charge on any atom is -0.431 e. The normalized spacial score (nSPS) is 10.9. The van der Waals surface area contributed by atoms with E-state index in [0.717, 1.165) is 16.1 Å². The Kier molecular flexibility index (Phi) is 4.59. The first-order chi connectivity index (χ1) is 10.6. The second kappa shape index (κ2) is 6.62. The first-order valence-corrected chi connectivity index (χ1v) is 8.18. The van der Waals surface area contributed by atoms with Crippen LogP contribution in [0.5, 0.6) is 0 Å². The number of hydrogen-bond donors (Lipinski definition) is 0. The molecule has 0 saturated heterocycles. The molecular formula is C16H10BrF2NOS. The summed E-state index contributed by atoms with van der Waals surface area (Å²) in [5, 5.41) is 0.489. The van der Waals surface area contributed by atoms with Gasteiger partial charge in [-0.1, -0.05) is 45.9 Å². The summed E-state index contributed by atoms with van der Waals surface area (Å²) in [6, 6.07) is 11.5. The molecule has 0 unspecified atom stereocenters. The standard InChI is InChI=1S/C16H10BrF2NOS/c17-12-4-2-11(3-5-12)15-8-20-16(21-15)22-9-10-1-6-13(18)14(19)7-10/h1-8H,9H2. The predicted octanol–water partition coefficient (Wildman–Crippen LogP) is 5.67. The molecule has 0 aliphatic rings. The maximum absolute atomic E-state index is 13.1. The number of thioether (sulfide) groups is 1. The number of nitrogens with zero attached hydrogens (tertiary/aromatic N) is 1. The number of rotatable bonds is 4. The lowest BCUT2D eigenvalue weighted by atomic mass is 10.2. The Morgan fingerprint density at radius 3 is 2.55 bits per heavy atom. The van der Waals surface area contributed by atoms with Gasteiger partial charge in [-0.25, -0.2) is 13.8 Å². The van der Waals surface area contributed by atoms with Crippen molar-refractivity contribution in [2.45, 2.75) is 11.0 Å². The lowest BCUT2D eigenvalue weighted by Crippen LogP contribution is -1.87. The van der Waals surface area contributed by atoms with Crippen molar-refractivity contribution in [3.05, 3.63) is 70.3 Å². The van der Waals surface area contributed by atoms with E-state index in [1.807, 2.05) is 24.3 Å². The van der Waals surface area contributed by atoms with Crippen LogP contribution in [0.4, 0.5) is 8.78 Å². The van der Waals surface area contributed by atoms with Gasteiger partial charge in [-0.05, 0) is 29.8 Å². The topological polar surface area (TPSA) is 26.0 Å². The fourth-order valence-electron chi connectivity index (χ4n) is 1.85. The third-order valence-electron chi connectivity index (χ3n) is 2.96. The van der Waals surface area contributed by atoms with Gasteiger partial charge in [0.15, 0.2) is 17.4 Å². The molecule has 0 saturated carbocycles. The highest BCUT2D eigenvalue weighted by Crippen LogP contribution is 2.28. The van der Waals surface area contributed by atoms with Crippen LogP contribution in [0.3, 0.4) is 0 Å². The van der Waals surface area contributed by atoms with Gasteiger partial charge in [0.1, 0.15) is 0 Å². The van der Waals surface area contributed by atoms with E-state index in [0.29, 0.717) is 22.3 Å². The summed E-state index contributed by atoms with van der Waals surface area (Å²) in [6.07, 6.45) is 1.65. The Balaban J connectivity index is 1.69. The zero-order valence-corrected chi connectivity index (χ0v) is 13.6. The van der Waals surface area contributed by atoms with Gasteiger partial charge in [-0.15, -0.1) is 0 Å². The number of aromatic nitrogens is 1. The third kappa shape index (κ3) is 3.56. The van der Waals surface area contributed by atoms with Crippen molar-refractivity contribution >= 4 is 27.7 Å². The summed E-state index contributed by atoms with van der Waals surface area (Å²) in [6.45, 7) is 0. The highest BCUT2D eigenvalue weighted by Gasteiger charge is 2.08. The molecule has 0 atom stereocenters. The summed E-state index contributed by atoms with van der Waals surface area (Å²) >= 11 is 4.71. The van der Waals surface area contributed by atoms with Crippen LogP contribution in [0.15, 0.2) is 62.8 Å². The molecule has 3 rings (SSSR count). The summed E-state index contributed by atoms with van der Waals surface area (Å²) in [5.74, 6) is -0.568. The van der Waals surface area contributed by atoms with Crippen molar-refractivity contribution in [2.75, 3.05) is 0 Å². The minimum atomic E-state index is -0.846. The first kappa shape index (κ1) is 15.2. The molecule has 112 valence electrons. The zero-order chi connectivity index (χ0) is 15.5. The van der Waals surface area contributed by atoms with Crippen LogP contribution in [0.2, 0.25) is 0 Å². The van der Waals surface area contributed by atoms with Crippen LogP contribution in [0, 0.1) is 11.6 Å². The molecule has 0 spiro atoms. The zero-order valence-electron chi connectivity index (χ0n) is 11.2. The lowest BCUT2D eigenvalue weighted by molar-refractivity contribution is 0.466. The van der Waals surface area contributed by atoms with Crippen LogP contribution in [-0.4, -0.2) is 4.98 Å². The monoisotopic (exact) mass is 381 g/mol. The molecule has 0 bridgehead atoms. The Morgan fingerprint density at radius 2 is 1.82 bits per heavy atom. The summed E-state index contributed by atoms with van der Waals surface area (Å²) in [5.41, 5.74) is 1.60. The third-order valence-corrected chi connectivity index (χ3v) is 4.40. The minimum absolute atomic E-state index is 0.456. The fraction of sp³-hybridized carbons (Fsp3) is 0.0625. The Hall–Kier alpha value is -1.66. The molecule has 3 aromatic rings. The molecule has 6 heteroatoms. The van der Waals surface area contributed by atoms with Crippen molar-refractivity contribution in [3.8, 4) is 11.3 Å². The molecule has 0 amide bonds. The van der Waals surface area contributed by atoms with Crippen LogP contribution in [0.25, 0.3) is 11.3 Å². The molecule has 0 aliphatic carbocycles. The number of oxazole rings is 1. The van der Waals surface area contributed by atoms with Gasteiger partial charge in [0, 0.05) is 15.8 Å². The van der Waals surface area contributed by atoms with E-state index < -0.39 is 11.6 Å². The van der Waals surface area contributed by atoms with Crippen molar-refractivity contribution in [2.24, 2.45) is 0 Å². The van der Waals surface area contributed by atoms with Gasteiger partial charge >= 0.3 is 0 Å². The van der Waals surface area contributed by atoms with Crippen LogP contribution < -0.4 is 0 Å². The van der Waals surface area contributed by atoms with Crippen LogP contribution in [0.1, 0.15) is 5.56 Å². The highest BCUT2D eigenvalue weighted by atomic mass is 79.9. The van der Waals surface area contributed by atoms with E-state index in [4.69, 9.17) is 4.42 Å². The quantitative estimate of drug-likeness (QED) is 0.544. The summed E-state index contributed by atoms with van der Waals surface area (Å²) in [4.78, 5) is 4.19. The van der Waals surface area contributed by atoms with Gasteiger partial charge in [0.05, 0.1) is 6.20 Å². The Labute approximate surface area is 138 Å². The average molecular weight is 382 g/mol. The van der Waals surface area contributed by atoms with E-state index >= 15 is 0 Å². The predicted molar refractivity (Wildman–Crippen MR) is 85.6 cm³/mol. The van der Waals surface area contributed by atoms with Crippen molar-refractivity contribution in [1.29, 1.82) is 0 Å². The Bertz CT molecular complexity index is 789. The molecule has 22 heavy (non-hydrogen) atoms. The Morgan fingerprint density at radius 1 is 1.05 bits per heavy atom. The van der Waals surface area contributed by atoms with Crippen molar-refractivity contribution < 1.29 is 13.2 Å². The van der Waals surface area contributed by atoms with E-state index in [9.17, 15) is 8.78 Å². The van der Waals surface area contributed by atoms with Gasteiger partial charge in [-0.3, -0.25) is 0 Å². The number of benzene rings is 2.